The van der Waals surface area contributed by atoms with Crippen molar-refractivity contribution in [2.24, 2.45) is 0 Å². The molecule has 1 aromatic carbocycles. The van der Waals surface area contributed by atoms with E-state index in [4.69, 9.17) is 29.7 Å². The second-order valence-corrected chi connectivity index (χ2v) is 3.21. The molecule has 19 heavy (non-hydrogen) atoms. The van der Waals surface area contributed by atoms with Crippen molar-refractivity contribution < 1.29 is 29.7 Å². The van der Waals surface area contributed by atoms with E-state index in [1.165, 1.54) is 5.56 Å². The van der Waals surface area contributed by atoms with Crippen LogP contribution in [0, 0.1) is 6.92 Å². The molecule has 0 spiro atoms. The lowest BCUT2D eigenvalue weighted by Crippen LogP contribution is -1.78. The van der Waals surface area contributed by atoms with Crippen LogP contribution in [0.15, 0.2) is 30.3 Å². The van der Waals surface area contributed by atoms with E-state index in [1.54, 1.807) is 0 Å². The lowest BCUT2D eigenvalue weighted by atomic mass is 10.2. The summed E-state index contributed by atoms with van der Waals surface area (Å²) in [5.74, 6) is -2.50. The third-order valence-electron chi connectivity index (χ3n) is 0.940. The maximum Gasteiger partial charge on any atom is 0.300 e. The smallest absolute Gasteiger partial charge is 0.300 e. The molecule has 0 radical (unpaired) electrons. The third kappa shape index (κ3) is 91.6. The van der Waals surface area contributed by atoms with E-state index in [0.717, 1.165) is 20.8 Å². The number of benzene rings is 1. The van der Waals surface area contributed by atoms with Gasteiger partial charge < -0.3 is 15.3 Å². The lowest BCUT2D eigenvalue weighted by Gasteiger charge is -1.82. The van der Waals surface area contributed by atoms with Gasteiger partial charge in [-0.2, -0.15) is 0 Å². The molecular weight excluding hydrogens is 252 g/mol. The molecule has 1 aromatic rings. The molecule has 108 valence electrons. The van der Waals surface area contributed by atoms with Crippen molar-refractivity contribution >= 4 is 17.9 Å². The van der Waals surface area contributed by atoms with Crippen molar-refractivity contribution in [3.05, 3.63) is 35.9 Å². The maximum absolute atomic E-state index is 9.00. The van der Waals surface area contributed by atoms with E-state index < -0.39 is 17.9 Å². The minimum absolute atomic E-state index is 0.833. The van der Waals surface area contributed by atoms with E-state index in [1.807, 2.05) is 18.2 Å². The fourth-order valence-corrected chi connectivity index (χ4v) is 0.534. The highest BCUT2D eigenvalue weighted by atomic mass is 16.4. The Hall–Kier alpha value is -2.37. The summed E-state index contributed by atoms with van der Waals surface area (Å²) in [5.41, 5.74) is 1.32. The first kappa shape index (κ1) is 21.9. The van der Waals surface area contributed by atoms with Crippen molar-refractivity contribution in [2.75, 3.05) is 0 Å². The van der Waals surface area contributed by atoms with Crippen molar-refractivity contribution in [2.45, 2.75) is 27.7 Å². The van der Waals surface area contributed by atoms with Gasteiger partial charge in [0.25, 0.3) is 17.9 Å². The third-order valence-corrected chi connectivity index (χ3v) is 0.940. The summed E-state index contributed by atoms with van der Waals surface area (Å²) in [6.07, 6.45) is 0. The molecule has 6 nitrogen and oxygen atoms in total. The molecular formula is C13H20O6. The van der Waals surface area contributed by atoms with Gasteiger partial charge in [0.05, 0.1) is 0 Å². The first-order chi connectivity index (χ1) is 8.59. The van der Waals surface area contributed by atoms with Crippen molar-refractivity contribution in [3.63, 3.8) is 0 Å². The van der Waals surface area contributed by atoms with Crippen LogP contribution in [-0.4, -0.2) is 33.2 Å². The SMILES string of the molecule is CC(=O)O.CC(=O)O.CC(=O)O.Cc1ccccc1. The molecule has 0 aliphatic rings. The van der Waals surface area contributed by atoms with Crippen LogP contribution in [-0.2, 0) is 14.4 Å². The topological polar surface area (TPSA) is 112 Å². The van der Waals surface area contributed by atoms with Crippen LogP contribution in [0.1, 0.15) is 26.3 Å². The molecule has 0 amide bonds. The fourth-order valence-electron chi connectivity index (χ4n) is 0.534. The zero-order valence-electron chi connectivity index (χ0n) is 11.5. The number of aliphatic carboxylic acids is 3. The van der Waals surface area contributed by atoms with Crippen LogP contribution in [0.25, 0.3) is 0 Å². The molecule has 6 heteroatoms. The Bertz CT molecular complexity index is 318. The van der Waals surface area contributed by atoms with E-state index in [9.17, 15) is 0 Å². The molecule has 3 N–H and O–H groups in total. The van der Waals surface area contributed by atoms with Gasteiger partial charge in [0.1, 0.15) is 0 Å². The Morgan fingerprint density at radius 1 is 0.737 bits per heavy atom. The van der Waals surface area contributed by atoms with Gasteiger partial charge >= 0.3 is 0 Å². The molecule has 0 aliphatic carbocycles. The van der Waals surface area contributed by atoms with Gasteiger partial charge in [-0.1, -0.05) is 35.9 Å². The fraction of sp³-hybridized carbons (Fsp3) is 0.308. The molecule has 0 saturated carbocycles. The number of hydrogen-bond acceptors (Lipinski definition) is 3. The predicted molar refractivity (Wildman–Crippen MR) is 71.1 cm³/mol. The van der Waals surface area contributed by atoms with Gasteiger partial charge in [-0.15, -0.1) is 0 Å². The molecule has 1 rings (SSSR count). The predicted octanol–water partition coefficient (Wildman–Crippen LogP) is 2.27. The zero-order valence-corrected chi connectivity index (χ0v) is 11.5. The average Bonchev–Trinajstić information content (AvgIpc) is 2.15. The van der Waals surface area contributed by atoms with Crippen molar-refractivity contribution in [1.29, 1.82) is 0 Å². The summed E-state index contributed by atoms with van der Waals surface area (Å²) >= 11 is 0. The molecule has 0 heterocycles. The van der Waals surface area contributed by atoms with Crippen LogP contribution in [0.3, 0.4) is 0 Å². The number of carboxylic acid groups (broad SMARTS) is 3. The molecule has 0 unspecified atom stereocenters. The summed E-state index contributed by atoms with van der Waals surface area (Å²) in [4.78, 5) is 27.0. The Balaban J connectivity index is -0.000000189. The van der Waals surface area contributed by atoms with Gasteiger partial charge in [0.2, 0.25) is 0 Å². The Labute approximate surface area is 112 Å². The van der Waals surface area contributed by atoms with Crippen LogP contribution in [0.4, 0.5) is 0 Å². The maximum atomic E-state index is 9.00. The van der Waals surface area contributed by atoms with E-state index in [-0.39, 0.29) is 0 Å². The molecule has 0 bridgehead atoms. The summed E-state index contributed by atoms with van der Waals surface area (Å²) in [7, 11) is 0. The average molecular weight is 272 g/mol. The number of rotatable bonds is 0. The highest BCUT2D eigenvalue weighted by Crippen LogP contribution is 1.92. The summed E-state index contributed by atoms with van der Waals surface area (Å²) in [5, 5.41) is 22.2. The van der Waals surface area contributed by atoms with Crippen molar-refractivity contribution in [3.8, 4) is 0 Å². The van der Waals surface area contributed by atoms with Gasteiger partial charge in [-0.05, 0) is 6.92 Å². The molecule has 0 saturated heterocycles. The number of carbonyl (C=O) groups is 3. The zero-order chi connectivity index (χ0) is 15.8. The number of hydrogen-bond donors (Lipinski definition) is 3. The number of aryl methyl sites for hydroxylation is 1. The minimum Gasteiger partial charge on any atom is -0.481 e. The standard InChI is InChI=1S/C7H8.3C2H4O2/c1-7-5-3-2-4-6-7;3*1-2(3)4/h2-6H,1H3;3*1H3,(H,3,4). The summed E-state index contributed by atoms with van der Waals surface area (Å²) < 4.78 is 0. The highest BCUT2D eigenvalue weighted by Gasteiger charge is 1.72. The highest BCUT2D eigenvalue weighted by molar-refractivity contribution is 5.63. The van der Waals surface area contributed by atoms with Gasteiger partial charge in [0.15, 0.2) is 0 Å². The molecule has 0 aliphatic heterocycles. The Morgan fingerprint density at radius 2 is 0.947 bits per heavy atom. The van der Waals surface area contributed by atoms with Gasteiger partial charge in [-0.25, -0.2) is 0 Å². The van der Waals surface area contributed by atoms with Crippen LogP contribution in [0.5, 0.6) is 0 Å². The molecule has 0 fully saturated rings. The quantitative estimate of drug-likeness (QED) is 0.668. The first-order valence-electron chi connectivity index (χ1n) is 5.19. The molecule has 0 atom stereocenters. The van der Waals surface area contributed by atoms with Gasteiger partial charge in [0, 0.05) is 20.8 Å². The Kier molecular flexibility index (Phi) is 18.0. The van der Waals surface area contributed by atoms with Crippen LogP contribution < -0.4 is 0 Å². The second kappa shape index (κ2) is 15.6. The van der Waals surface area contributed by atoms with E-state index in [0.29, 0.717) is 0 Å². The normalized spacial score (nSPS) is 7.16. The van der Waals surface area contributed by atoms with E-state index in [2.05, 4.69) is 19.1 Å². The largest absolute Gasteiger partial charge is 0.481 e. The van der Waals surface area contributed by atoms with Crippen molar-refractivity contribution in [1.82, 2.24) is 0 Å². The minimum atomic E-state index is -0.833. The number of carboxylic acids is 3. The summed E-state index contributed by atoms with van der Waals surface area (Å²) in [6, 6.07) is 10.3. The Morgan fingerprint density at radius 3 is 1.05 bits per heavy atom. The monoisotopic (exact) mass is 272 g/mol. The second-order valence-electron chi connectivity index (χ2n) is 3.21. The first-order valence-corrected chi connectivity index (χ1v) is 5.19. The molecule has 0 aromatic heterocycles. The van der Waals surface area contributed by atoms with Gasteiger partial charge in [-0.3, -0.25) is 14.4 Å². The lowest BCUT2D eigenvalue weighted by molar-refractivity contribution is -0.135. The van der Waals surface area contributed by atoms with Crippen LogP contribution in [0.2, 0.25) is 0 Å². The van der Waals surface area contributed by atoms with Crippen LogP contribution >= 0.6 is 0 Å². The van der Waals surface area contributed by atoms with E-state index >= 15 is 0 Å². The summed E-state index contributed by atoms with van der Waals surface area (Å²) in [6.45, 7) is 5.33.